The number of rotatable bonds is 10. The van der Waals surface area contributed by atoms with Crippen LogP contribution in [0.25, 0.3) is 0 Å². The summed E-state index contributed by atoms with van der Waals surface area (Å²) in [6.07, 6.45) is 2.64. The minimum absolute atomic E-state index is 0.00235. The van der Waals surface area contributed by atoms with Crippen LogP contribution in [0.2, 0.25) is 0 Å². The number of carbonyl (C=O) groups excluding carboxylic acids is 2. The fraction of sp³-hybridized carbons (Fsp3) is 0.400. The minimum atomic E-state index is -3.77. The normalized spacial score (nSPS) is 14.1. The van der Waals surface area contributed by atoms with Crippen LogP contribution in [-0.4, -0.2) is 51.3 Å². The molecule has 0 saturated carbocycles. The molecule has 10 heteroatoms. The van der Waals surface area contributed by atoms with Crippen LogP contribution in [0.3, 0.4) is 0 Å². The van der Waals surface area contributed by atoms with Gasteiger partial charge in [-0.05, 0) is 43.2 Å². The van der Waals surface area contributed by atoms with E-state index in [-0.39, 0.29) is 42.4 Å². The lowest BCUT2D eigenvalue weighted by molar-refractivity contribution is -0.122. The molecular weight excluding hydrogens is 468 g/mol. The number of amides is 2. The summed E-state index contributed by atoms with van der Waals surface area (Å²) >= 11 is 0. The van der Waals surface area contributed by atoms with Gasteiger partial charge in [0.15, 0.2) is 0 Å². The monoisotopic (exact) mass is 498 g/mol. The maximum Gasteiger partial charge on any atom is 0.246 e. The van der Waals surface area contributed by atoms with Crippen molar-refractivity contribution >= 4 is 33.2 Å². The first kappa shape index (κ1) is 26.2. The second kappa shape index (κ2) is 12.3. The molecule has 1 fully saturated rings. The summed E-state index contributed by atoms with van der Waals surface area (Å²) in [6.45, 7) is 1.14. The number of nitrogens with one attached hydrogen (secondary N) is 1. The lowest BCUT2D eigenvalue weighted by Crippen LogP contribution is -2.35. The third kappa shape index (κ3) is 6.81. The quantitative estimate of drug-likeness (QED) is 0.535. The molecule has 35 heavy (non-hydrogen) atoms. The number of hydrogen-bond donors (Lipinski definition) is 1. The van der Waals surface area contributed by atoms with Crippen LogP contribution in [-0.2, 0) is 19.6 Å². The van der Waals surface area contributed by atoms with Gasteiger partial charge in [0.05, 0.1) is 19.6 Å². The molecule has 1 aliphatic rings. The largest absolute Gasteiger partial charge is 0.495 e. The van der Waals surface area contributed by atoms with Crippen LogP contribution in [0.15, 0.2) is 53.4 Å². The Hall–Kier alpha value is -3.42. The van der Waals surface area contributed by atoms with Crippen molar-refractivity contribution in [3.8, 4) is 11.8 Å². The highest BCUT2D eigenvalue weighted by Gasteiger charge is 2.29. The van der Waals surface area contributed by atoms with E-state index in [2.05, 4.69) is 5.32 Å². The lowest BCUT2D eigenvalue weighted by atomic mass is 10.2. The standard InChI is InChI=1S/C25H30N4O5S/c1-34-22-12-11-20(19-23(22)35(32,33)28-16-6-3-7-17-28)27-24(30)13-14-25(31)29(18-8-15-26)21-9-4-2-5-10-21/h2,4-5,9-12,19H,3,6-8,13-14,16-18H2,1H3,(H,27,30). The van der Waals surface area contributed by atoms with E-state index in [0.717, 1.165) is 19.3 Å². The molecule has 2 aromatic rings. The Morgan fingerprint density at radius 1 is 1.09 bits per heavy atom. The van der Waals surface area contributed by atoms with E-state index in [1.54, 1.807) is 30.3 Å². The van der Waals surface area contributed by atoms with E-state index in [9.17, 15) is 18.0 Å². The van der Waals surface area contributed by atoms with Gasteiger partial charge in [-0.1, -0.05) is 24.6 Å². The smallest absolute Gasteiger partial charge is 0.246 e. The molecule has 2 amide bonds. The van der Waals surface area contributed by atoms with Crippen molar-refractivity contribution in [2.45, 2.75) is 43.4 Å². The van der Waals surface area contributed by atoms with Crippen molar-refractivity contribution < 1.29 is 22.7 Å². The van der Waals surface area contributed by atoms with Crippen LogP contribution in [0.5, 0.6) is 5.75 Å². The van der Waals surface area contributed by atoms with Gasteiger partial charge in [0, 0.05) is 43.9 Å². The molecule has 0 spiro atoms. The van der Waals surface area contributed by atoms with Gasteiger partial charge in [0.25, 0.3) is 0 Å². The fourth-order valence-corrected chi connectivity index (χ4v) is 5.65. The first-order chi connectivity index (χ1) is 16.9. The molecule has 2 aromatic carbocycles. The van der Waals surface area contributed by atoms with Gasteiger partial charge in [0.1, 0.15) is 10.6 Å². The van der Waals surface area contributed by atoms with E-state index in [1.807, 2.05) is 12.1 Å². The number of methoxy groups -OCH3 is 1. The molecule has 1 aliphatic heterocycles. The highest BCUT2D eigenvalue weighted by molar-refractivity contribution is 7.89. The van der Waals surface area contributed by atoms with Gasteiger partial charge in [-0.15, -0.1) is 0 Å². The lowest BCUT2D eigenvalue weighted by Gasteiger charge is -2.26. The average Bonchev–Trinajstić information content (AvgIpc) is 2.88. The van der Waals surface area contributed by atoms with Crippen LogP contribution in [0.4, 0.5) is 11.4 Å². The van der Waals surface area contributed by atoms with Crippen LogP contribution in [0, 0.1) is 11.3 Å². The molecule has 0 radical (unpaired) electrons. The van der Waals surface area contributed by atoms with Gasteiger partial charge >= 0.3 is 0 Å². The number of benzene rings is 2. The number of anilines is 2. The zero-order valence-corrected chi connectivity index (χ0v) is 20.6. The van der Waals surface area contributed by atoms with Gasteiger partial charge in [0.2, 0.25) is 21.8 Å². The van der Waals surface area contributed by atoms with Crippen molar-refractivity contribution in [3.05, 3.63) is 48.5 Å². The van der Waals surface area contributed by atoms with Crippen molar-refractivity contribution in [2.24, 2.45) is 0 Å². The molecular formula is C25H30N4O5S. The number of nitrogens with zero attached hydrogens (tertiary/aromatic N) is 3. The third-order valence-corrected chi connectivity index (χ3v) is 7.68. The van der Waals surface area contributed by atoms with Gasteiger partial charge in [-0.25, -0.2) is 8.42 Å². The summed E-state index contributed by atoms with van der Waals surface area (Å²) in [5.74, 6) is -0.484. The molecule has 186 valence electrons. The zero-order chi connectivity index (χ0) is 25.3. The van der Waals surface area contributed by atoms with Crippen molar-refractivity contribution in [1.29, 1.82) is 5.26 Å². The SMILES string of the molecule is COc1ccc(NC(=O)CCC(=O)N(CCC#N)c2ccccc2)cc1S(=O)(=O)N1CCCCC1. The van der Waals surface area contributed by atoms with E-state index in [1.165, 1.54) is 28.4 Å². The first-order valence-corrected chi connectivity index (χ1v) is 13.0. The number of piperidine rings is 1. The molecule has 1 heterocycles. The summed E-state index contributed by atoms with van der Waals surface area (Å²) < 4.78 is 33.1. The molecule has 0 bridgehead atoms. The molecule has 1 saturated heterocycles. The third-order valence-electron chi connectivity index (χ3n) is 5.76. The number of para-hydroxylation sites is 1. The highest BCUT2D eigenvalue weighted by Crippen LogP contribution is 2.31. The minimum Gasteiger partial charge on any atom is -0.495 e. The predicted octanol–water partition coefficient (Wildman–Crippen LogP) is 3.54. The number of hydrogen-bond acceptors (Lipinski definition) is 6. The topological polar surface area (TPSA) is 120 Å². The summed E-state index contributed by atoms with van der Waals surface area (Å²) in [4.78, 5) is 26.9. The Morgan fingerprint density at radius 2 is 1.80 bits per heavy atom. The van der Waals surface area contributed by atoms with E-state index in [4.69, 9.17) is 10.00 Å². The zero-order valence-electron chi connectivity index (χ0n) is 19.8. The molecule has 1 N–H and O–H groups in total. The Labute approximate surface area is 206 Å². The van der Waals surface area contributed by atoms with Crippen molar-refractivity contribution in [1.82, 2.24) is 4.31 Å². The Morgan fingerprint density at radius 3 is 2.46 bits per heavy atom. The van der Waals surface area contributed by atoms with Crippen molar-refractivity contribution in [3.63, 3.8) is 0 Å². The fourth-order valence-electron chi connectivity index (χ4n) is 3.95. The second-order valence-electron chi connectivity index (χ2n) is 8.17. The Bertz CT molecular complexity index is 1170. The van der Waals surface area contributed by atoms with E-state index >= 15 is 0 Å². The number of sulfonamides is 1. The van der Waals surface area contributed by atoms with Crippen molar-refractivity contribution in [2.75, 3.05) is 37.0 Å². The molecule has 0 aliphatic carbocycles. The number of nitriles is 1. The molecule has 0 atom stereocenters. The van der Waals surface area contributed by atoms with Crippen LogP contribution in [0.1, 0.15) is 38.5 Å². The summed E-state index contributed by atoms with van der Waals surface area (Å²) in [5, 5.41) is 11.6. The van der Waals surface area contributed by atoms with E-state index in [0.29, 0.717) is 24.5 Å². The van der Waals surface area contributed by atoms with Gasteiger partial charge in [-0.2, -0.15) is 9.57 Å². The number of ether oxygens (including phenoxy) is 1. The Balaban J connectivity index is 1.68. The summed E-state index contributed by atoms with van der Waals surface area (Å²) in [5.41, 5.74) is 0.971. The number of carbonyl (C=O) groups is 2. The molecule has 9 nitrogen and oxygen atoms in total. The maximum absolute atomic E-state index is 13.2. The molecule has 0 aromatic heterocycles. The van der Waals surface area contributed by atoms with Crippen LogP contribution < -0.4 is 15.0 Å². The summed E-state index contributed by atoms with van der Waals surface area (Å²) in [6, 6.07) is 15.5. The molecule has 3 rings (SSSR count). The predicted molar refractivity (Wildman–Crippen MR) is 132 cm³/mol. The van der Waals surface area contributed by atoms with Gasteiger partial charge in [-0.3, -0.25) is 9.59 Å². The maximum atomic E-state index is 13.2. The first-order valence-electron chi connectivity index (χ1n) is 11.6. The highest BCUT2D eigenvalue weighted by atomic mass is 32.2. The summed E-state index contributed by atoms with van der Waals surface area (Å²) in [7, 11) is -2.37. The van der Waals surface area contributed by atoms with E-state index < -0.39 is 15.9 Å². The Kier molecular flexibility index (Phi) is 9.23. The average molecular weight is 499 g/mol. The van der Waals surface area contributed by atoms with Crippen LogP contribution >= 0.6 is 0 Å². The second-order valence-corrected chi connectivity index (χ2v) is 10.1. The van der Waals surface area contributed by atoms with Gasteiger partial charge < -0.3 is 15.0 Å². The molecule has 0 unspecified atom stereocenters.